The normalized spacial score (nSPS) is 12.7. The topological polar surface area (TPSA) is 86.1 Å². The van der Waals surface area contributed by atoms with E-state index in [0.717, 1.165) is 21.6 Å². The molecule has 1 aliphatic heterocycles. The number of carbonyl (C=O) groups is 2. The fraction of sp³-hybridized carbons (Fsp3) is 0.280. The number of carbonyl (C=O) groups excluding carboxylic acids is 2. The molecule has 2 amide bonds. The number of fused-ring (bicyclic) bond motifs is 1. The second-order valence-corrected chi connectivity index (χ2v) is 8.89. The lowest BCUT2D eigenvalue weighted by atomic mass is 10.0. The molecule has 1 N–H and O–H groups in total. The summed E-state index contributed by atoms with van der Waals surface area (Å²) in [6, 6.07) is 16.0. The number of hydrogen-bond acceptors (Lipinski definition) is 5. The number of hydrogen-bond donors (Lipinski definition) is 1. The number of thiophene rings is 1. The minimum absolute atomic E-state index is 0.0971. The summed E-state index contributed by atoms with van der Waals surface area (Å²) in [4.78, 5) is 32.1. The molecule has 0 fully saturated rings. The predicted octanol–water partition coefficient (Wildman–Crippen LogP) is 4.10. The third-order valence-electron chi connectivity index (χ3n) is 5.61. The molecule has 4 rings (SSSR count). The molecular weight excluding hydrogens is 420 g/mol. The second-order valence-electron chi connectivity index (χ2n) is 7.78. The van der Waals surface area contributed by atoms with Gasteiger partial charge in [0.15, 0.2) is 0 Å². The van der Waals surface area contributed by atoms with Gasteiger partial charge in [-0.15, -0.1) is 11.3 Å². The highest BCUT2D eigenvalue weighted by Gasteiger charge is 2.27. The lowest BCUT2D eigenvalue weighted by Gasteiger charge is -2.27. The summed E-state index contributed by atoms with van der Waals surface area (Å²) in [5.41, 5.74) is 3.66. The first-order valence-corrected chi connectivity index (χ1v) is 11.5. The first kappa shape index (κ1) is 21.7. The average molecular weight is 445 g/mol. The van der Waals surface area contributed by atoms with Crippen LogP contribution in [0.2, 0.25) is 0 Å². The fourth-order valence-electron chi connectivity index (χ4n) is 3.87. The third kappa shape index (κ3) is 5.21. The van der Waals surface area contributed by atoms with Crippen molar-refractivity contribution in [3.05, 3.63) is 82.0 Å². The Morgan fingerprint density at radius 2 is 1.88 bits per heavy atom. The lowest BCUT2D eigenvalue weighted by Crippen LogP contribution is -2.35. The first-order chi connectivity index (χ1) is 15.6. The van der Waals surface area contributed by atoms with E-state index in [4.69, 9.17) is 0 Å². The van der Waals surface area contributed by atoms with Crippen molar-refractivity contribution in [1.29, 1.82) is 5.26 Å². The number of benzene rings is 1. The summed E-state index contributed by atoms with van der Waals surface area (Å²) in [5, 5.41) is 13.2. The fourth-order valence-corrected chi connectivity index (χ4v) is 5.10. The molecule has 32 heavy (non-hydrogen) atoms. The third-order valence-corrected chi connectivity index (χ3v) is 6.74. The number of nitrogens with one attached hydrogen (secondary N) is 1. The summed E-state index contributed by atoms with van der Waals surface area (Å²) < 4.78 is 0. The van der Waals surface area contributed by atoms with Crippen molar-refractivity contribution < 1.29 is 9.59 Å². The highest BCUT2D eigenvalue weighted by atomic mass is 32.1. The summed E-state index contributed by atoms with van der Waals surface area (Å²) in [7, 11) is 0. The monoisotopic (exact) mass is 444 g/mol. The molecule has 0 bridgehead atoms. The van der Waals surface area contributed by atoms with Gasteiger partial charge in [-0.2, -0.15) is 5.26 Å². The second kappa shape index (κ2) is 10.2. The Kier molecular flexibility index (Phi) is 6.93. The zero-order valence-corrected chi connectivity index (χ0v) is 18.5. The Balaban J connectivity index is 1.37. The zero-order valence-electron chi connectivity index (χ0n) is 17.7. The van der Waals surface area contributed by atoms with Gasteiger partial charge >= 0.3 is 0 Å². The summed E-state index contributed by atoms with van der Waals surface area (Å²) in [6.45, 7) is 1.08. The number of anilines is 1. The molecule has 0 aliphatic carbocycles. The van der Waals surface area contributed by atoms with Crippen molar-refractivity contribution in [2.45, 2.75) is 38.6 Å². The SMILES string of the molecule is N#Cc1c(NC(=O)CCc2ccccc2)sc2c1CCN(C(=O)CCc1cccnc1)C2. The number of aryl methyl sites for hydroxylation is 2. The van der Waals surface area contributed by atoms with Gasteiger partial charge in [0.1, 0.15) is 11.1 Å². The molecule has 3 aromatic rings. The van der Waals surface area contributed by atoms with E-state index in [1.54, 1.807) is 12.4 Å². The first-order valence-electron chi connectivity index (χ1n) is 10.7. The van der Waals surface area contributed by atoms with Gasteiger partial charge in [0.05, 0.1) is 12.1 Å². The van der Waals surface area contributed by atoms with Crippen LogP contribution in [0.15, 0.2) is 54.9 Å². The van der Waals surface area contributed by atoms with Gasteiger partial charge in [0.2, 0.25) is 11.8 Å². The van der Waals surface area contributed by atoms with Crippen molar-refractivity contribution in [2.24, 2.45) is 0 Å². The Hall–Kier alpha value is -3.50. The molecular formula is C25H24N4O2S. The molecule has 0 spiro atoms. The number of pyridine rings is 1. The standard InChI is InChI=1S/C25H24N4O2S/c26-15-21-20-12-14-29(24(31)11-9-19-7-4-13-27-16-19)17-22(20)32-25(21)28-23(30)10-8-18-5-2-1-3-6-18/h1-7,13,16H,8-12,14,17H2,(H,28,30). The van der Waals surface area contributed by atoms with Gasteiger partial charge in [-0.1, -0.05) is 36.4 Å². The highest BCUT2D eigenvalue weighted by molar-refractivity contribution is 7.16. The predicted molar refractivity (Wildman–Crippen MR) is 124 cm³/mol. The van der Waals surface area contributed by atoms with E-state index >= 15 is 0 Å². The van der Waals surface area contributed by atoms with Gasteiger partial charge in [0, 0.05) is 36.7 Å². The number of nitriles is 1. The van der Waals surface area contributed by atoms with Crippen LogP contribution in [0.4, 0.5) is 5.00 Å². The Morgan fingerprint density at radius 1 is 1.09 bits per heavy atom. The Bertz CT molecular complexity index is 1140. The molecule has 1 aliphatic rings. The highest BCUT2D eigenvalue weighted by Crippen LogP contribution is 2.37. The van der Waals surface area contributed by atoms with Gasteiger partial charge in [-0.3, -0.25) is 14.6 Å². The molecule has 0 atom stereocenters. The molecule has 7 heteroatoms. The van der Waals surface area contributed by atoms with Gasteiger partial charge in [-0.25, -0.2) is 0 Å². The van der Waals surface area contributed by atoms with Crippen LogP contribution in [0, 0.1) is 11.3 Å². The van der Waals surface area contributed by atoms with Crippen LogP contribution in [-0.4, -0.2) is 28.2 Å². The Labute approximate surface area is 191 Å². The largest absolute Gasteiger partial charge is 0.337 e. The summed E-state index contributed by atoms with van der Waals surface area (Å²) >= 11 is 1.41. The average Bonchev–Trinajstić information content (AvgIpc) is 3.18. The minimum atomic E-state index is -0.103. The van der Waals surface area contributed by atoms with Crippen molar-refractivity contribution in [3.8, 4) is 6.07 Å². The van der Waals surface area contributed by atoms with E-state index in [2.05, 4.69) is 16.4 Å². The lowest BCUT2D eigenvalue weighted by molar-refractivity contribution is -0.132. The van der Waals surface area contributed by atoms with Crippen molar-refractivity contribution >= 4 is 28.2 Å². The zero-order chi connectivity index (χ0) is 22.3. The van der Waals surface area contributed by atoms with Crippen molar-refractivity contribution in [1.82, 2.24) is 9.88 Å². The van der Waals surface area contributed by atoms with Gasteiger partial charge in [-0.05, 0) is 42.0 Å². The smallest absolute Gasteiger partial charge is 0.225 e. The van der Waals surface area contributed by atoms with Crippen LogP contribution >= 0.6 is 11.3 Å². The van der Waals surface area contributed by atoms with Gasteiger partial charge < -0.3 is 10.2 Å². The summed E-state index contributed by atoms with van der Waals surface area (Å²) in [6.07, 6.45) is 6.24. The molecule has 0 saturated carbocycles. The van der Waals surface area contributed by atoms with E-state index in [-0.39, 0.29) is 11.8 Å². The van der Waals surface area contributed by atoms with Crippen LogP contribution in [-0.2, 0) is 35.4 Å². The molecule has 162 valence electrons. The number of amides is 2. The van der Waals surface area contributed by atoms with Crippen molar-refractivity contribution in [2.75, 3.05) is 11.9 Å². The van der Waals surface area contributed by atoms with Crippen LogP contribution < -0.4 is 5.32 Å². The van der Waals surface area contributed by atoms with E-state index in [9.17, 15) is 14.9 Å². The molecule has 0 radical (unpaired) electrons. The molecule has 1 aromatic carbocycles. The molecule has 2 aromatic heterocycles. The van der Waals surface area contributed by atoms with Crippen LogP contribution in [0.25, 0.3) is 0 Å². The van der Waals surface area contributed by atoms with Crippen molar-refractivity contribution in [3.63, 3.8) is 0 Å². The number of nitrogens with zero attached hydrogens (tertiary/aromatic N) is 3. The molecule has 6 nitrogen and oxygen atoms in total. The summed E-state index contributed by atoms with van der Waals surface area (Å²) in [5.74, 6) is -0.00629. The Morgan fingerprint density at radius 3 is 2.62 bits per heavy atom. The number of aromatic nitrogens is 1. The maximum Gasteiger partial charge on any atom is 0.225 e. The van der Waals surface area contributed by atoms with E-state index in [0.29, 0.717) is 55.8 Å². The minimum Gasteiger partial charge on any atom is -0.337 e. The van der Waals surface area contributed by atoms with Crippen LogP contribution in [0.1, 0.15) is 40.0 Å². The van der Waals surface area contributed by atoms with Gasteiger partial charge in [0.25, 0.3) is 0 Å². The maximum atomic E-state index is 12.7. The molecule has 3 heterocycles. The molecule has 0 saturated heterocycles. The van der Waals surface area contributed by atoms with E-state index in [1.807, 2.05) is 47.4 Å². The van der Waals surface area contributed by atoms with E-state index < -0.39 is 0 Å². The van der Waals surface area contributed by atoms with Crippen LogP contribution in [0.5, 0.6) is 0 Å². The maximum absolute atomic E-state index is 12.7. The quantitative estimate of drug-likeness (QED) is 0.594. The van der Waals surface area contributed by atoms with E-state index in [1.165, 1.54) is 11.3 Å². The molecule has 0 unspecified atom stereocenters. The van der Waals surface area contributed by atoms with Crippen LogP contribution in [0.3, 0.4) is 0 Å². The number of rotatable bonds is 7.